The Labute approximate surface area is 252 Å². The van der Waals surface area contributed by atoms with Gasteiger partial charge in [-0.3, -0.25) is 4.79 Å². The number of nitrogens with zero attached hydrogens (tertiary/aromatic N) is 3. The van der Waals surface area contributed by atoms with Crippen molar-refractivity contribution in [3.63, 3.8) is 0 Å². The van der Waals surface area contributed by atoms with Gasteiger partial charge >= 0.3 is 0 Å². The van der Waals surface area contributed by atoms with E-state index < -0.39 is 0 Å². The lowest BCUT2D eigenvalue weighted by atomic mass is 9.73. The average molecular weight is 566 g/mol. The molecule has 5 heteroatoms. The molecule has 2 aromatic carbocycles. The summed E-state index contributed by atoms with van der Waals surface area (Å²) in [7, 11) is 4.02. The van der Waals surface area contributed by atoms with Crippen LogP contribution in [0.25, 0.3) is 12.2 Å². The zero-order valence-corrected chi connectivity index (χ0v) is 26.1. The van der Waals surface area contributed by atoms with Crippen LogP contribution < -0.4 is 20.2 Å². The number of hydrogen-bond donors (Lipinski definition) is 0. The molecule has 5 nitrogen and oxygen atoms in total. The van der Waals surface area contributed by atoms with Crippen LogP contribution in [-0.2, 0) is 11.2 Å². The van der Waals surface area contributed by atoms with E-state index in [0.29, 0.717) is 18.1 Å². The molecule has 0 N–H and O–H groups in total. The van der Waals surface area contributed by atoms with Gasteiger partial charge in [0, 0.05) is 32.2 Å². The molecule has 1 unspecified atom stereocenters. The van der Waals surface area contributed by atoms with Crippen LogP contribution in [0.5, 0.6) is 11.5 Å². The number of aryl methyl sites for hydroxylation is 1. The van der Waals surface area contributed by atoms with Gasteiger partial charge in [0.15, 0.2) is 0 Å². The van der Waals surface area contributed by atoms with E-state index in [0.717, 1.165) is 70.4 Å². The number of carbonyl (C=O) groups is 1. The molecule has 2 aliphatic carbocycles. The van der Waals surface area contributed by atoms with Crippen LogP contribution in [0.3, 0.4) is 0 Å². The third kappa shape index (κ3) is 9.14. The summed E-state index contributed by atoms with van der Waals surface area (Å²) in [4.78, 5) is 23.7. The summed E-state index contributed by atoms with van der Waals surface area (Å²) in [6.45, 7) is 6.52. The molecule has 1 aromatic heterocycles. The highest BCUT2D eigenvalue weighted by molar-refractivity contribution is 5.81. The summed E-state index contributed by atoms with van der Waals surface area (Å²) in [6, 6.07) is 17.7. The van der Waals surface area contributed by atoms with Crippen molar-refractivity contribution in [2.24, 2.45) is 17.8 Å². The molecule has 222 valence electrons. The van der Waals surface area contributed by atoms with E-state index in [2.05, 4.69) is 36.0 Å². The van der Waals surface area contributed by atoms with Crippen molar-refractivity contribution in [1.82, 2.24) is 9.97 Å². The van der Waals surface area contributed by atoms with Crippen LogP contribution >= 0.6 is 0 Å². The number of carbonyl (C=O) groups excluding carboxylic acids is 1. The largest absolute Gasteiger partial charge is 0.457 e. The van der Waals surface area contributed by atoms with Crippen LogP contribution in [-0.4, -0.2) is 29.8 Å². The number of benzene rings is 2. The fourth-order valence-corrected chi connectivity index (χ4v) is 6.01. The number of Topliss-reactive ketones (excluding diaryl/α,β-unsaturated/α-hetero) is 1. The summed E-state index contributed by atoms with van der Waals surface area (Å²) < 4.78 is 5.90. The first-order valence-corrected chi connectivity index (χ1v) is 15.5. The first kappa shape index (κ1) is 31.2. The molecular formula is C37H47N3O2. The molecule has 1 heterocycles. The van der Waals surface area contributed by atoms with Crippen LogP contribution in [0.1, 0.15) is 70.2 Å². The van der Waals surface area contributed by atoms with Crippen molar-refractivity contribution in [2.45, 2.75) is 72.1 Å². The SMILES string of the molecule is CCC(CC(=O)Cc1cccc(Oc2ccccc2)c1)C1CCC(C)CC1.Cc1nc(N(C)C)c2c(n1)=CC=CCC=2. The molecule has 42 heavy (non-hydrogen) atoms. The molecular weight excluding hydrogens is 518 g/mol. The summed E-state index contributed by atoms with van der Waals surface area (Å²) in [5.41, 5.74) is 1.04. The van der Waals surface area contributed by atoms with Crippen molar-refractivity contribution in [1.29, 1.82) is 0 Å². The van der Waals surface area contributed by atoms with Gasteiger partial charge in [0.25, 0.3) is 0 Å². The molecule has 2 aliphatic rings. The van der Waals surface area contributed by atoms with E-state index in [1.165, 1.54) is 25.7 Å². The number of aromatic nitrogens is 2. The first-order chi connectivity index (χ1) is 20.3. The van der Waals surface area contributed by atoms with Gasteiger partial charge in [0.1, 0.15) is 28.9 Å². The molecule has 3 aromatic rings. The number of fused-ring (bicyclic) bond motifs is 1. The number of anilines is 1. The number of hydrogen-bond acceptors (Lipinski definition) is 5. The molecule has 1 saturated carbocycles. The summed E-state index contributed by atoms with van der Waals surface area (Å²) in [6.07, 6.45) is 16.9. The Morgan fingerprint density at radius 3 is 2.45 bits per heavy atom. The summed E-state index contributed by atoms with van der Waals surface area (Å²) >= 11 is 0. The zero-order valence-electron chi connectivity index (χ0n) is 26.1. The van der Waals surface area contributed by atoms with Gasteiger partial charge in [0.2, 0.25) is 0 Å². The Kier molecular flexibility index (Phi) is 11.5. The zero-order chi connectivity index (χ0) is 29.9. The molecule has 1 atom stereocenters. The fourth-order valence-electron chi connectivity index (χ4n) is 6.01. The van der Waals surface area contributed by atoms with Gasteiger partial charge in [0.05, 0.1) is 5.35 Å². The van der Waals surface area contributed by atoms with E-state index >= 15 is 0 Å². The Morgan fingerprint density at radius 1 is 1.00 bits per heavy atom. The van der Waals surface area contributed by atoms with Gasteiger partial charge in [-0.25, -0.2) is 9.97 Å². The standard InChI is InChI=1S/C25H32O2.C12H15N3/c1-3-21(22-14-12-19(2)13-15-22)18-23(26)16-20-8-7-11-25(17-20)27-24-9-5-4-6-10-24;1-9-13-11-8-6-4-5-7-10(11)12(14-9)15(2)3/h4-11,17,19,21-22H,3,12-16,18H2,1-2H3;4,6-8H,5H2,1-3H3. The smallest absolute Gasteiger partial charge is 0.139 e. The lowest BCUT2D eigenvalue weighted by Gasteiger charge is -2.32. The number of para-hydroxylation sites is 1. The van der Waals surface area contributed by atoms with Crippen LogP contribution in [0.4, 0.5) is 5.82 Å². The van der Waals surface area contributed by atoms with Gasteiger partial charge in [-0.1, -0.05) is 81.7 Å². The molecule has 5 rings (SSSR count). The summed E-state index contributed by atoms with van der Waals surface area (Å²) in [5, 5.41) is 2.15. The molecule has 0 radical (unpaired) electrons. The van der Waals surface area contributed by atoms with Crippen molar-refractivity contribution in [3.05, 3.63) is 88.7 Å². The second-order valence-corrected chi connectivity index (χ2v) is 12.0. The van der Waals surface area contributed by atoms with Gasteiger partial charge in [-0.05, 0) is 79.8 Å². The van der Waals surface area contributed by atoms with Crippen molar-refractivity contribution < 1.29 is 9.53 Å². The van der Waals surface area contributed by atoms with E-state index in [4.69, 9.17) is 4.74 Å². The minimum atomic E-state index is 0.359. The van der Waals surface area contributed by atoms with E-state index in [1.54, 1.807) is 0 Å². The predicted octanol–water partition coefficient (Wildman–Crippen LogP) is 7.21. The molecule has 0 amide bonds. The molecule has 0 spiro atoms. The lowest BCUT2D eigenvalue weighted by Crippen LogP contribution is -2.35. The number of ether oxygens (including phenoxy) is 1. The number of rotatable bonds is 9. The Balaban J connectivity index is 0.000000227. The normalized spacial score (nSPS) is 18.2. The predicted molar refractivity (Wildman–Crippen MR) is 174 cm³/mol. The lowest BCUT2D eigenvalue weighted by molar-refractivity contribution is -0.119. The molecule has 0 saturated heterocycles. The highest BCUT2D eigenvalue weighted by Crippen LogP contribution is 2.36. The Morgan fingerprint density at radius 2 is 1.74 bits per heavy atom. The summed E-state index contributed by atoms with van der Waals surface area (Å²) in [5.74, 6) is 5.93. The quantitative estimate of drug-likeness (QED) is 0.275. The first-order valence-electron chi connectivity index (χ1n) is 15.5. The highest BCUT2D eigenvalue weighted by atomic mass is 16.5. The average Bonchev–Trinajstić information content (AvgIpc) is 3.22. The molecule has 0 aliphatic heterocycles. The maximum atomic E-state index is 12.7. The number of ketones is 1. The third-order valence-corrected chi connectivity index (χ3v) is 8.36. The van der Waals surface area contributed by atoms with E-state index in [-0.39, 0.29) is 0 Å². The Hall–Kier alpha value is -3.73. The van der Waals surface area contributed by atoms with Crippen molar-refractivity contribution >= 4 is 23.8 Å². The molecule has 0 bridgehead atoms. The van der Waals surface area contributed by atoms with E-state index in [9.17, 15) is 4.79 Å². The maximum absolute atomic E-state index is 12.7. The second-order valence-electron chi connectivity index (χ2n) is 12.0. The number of allylic oxidation sites excluding steroid dienone is 2. The van der Waals surface area contributed by atoms with Gasteiger partial charge in [-0.15, -0.1) is 0 Å². The third-order valence-electron chi connectivity index (χ3n) is 8.36. The molecule has 1 fully saturated rings. The highest BCUT2D eigenvalue weighted by Gasteiger charge is 2.26. The van der Waals surface area contributed by atoms with Crippen LogP contribution in [0.2, 0.25) is 0 Å². The van der Waals surface area contributed by atoms with E-state index in [1.807, 2.05) is 92.7 Å². The van der Waals surface area contributed by atoms with Gasteiger partial charge in [-0.2, -0.15) is 0 Å². The van der Waals surface area contributed by atoms with Gasteiger partial charge < -0.3 is 9.64 Å². The minimum absolute atomic E-state index is 0.359. The van der Waals surface area contributed by atoms with Crippen LogP contribution in [0.15, 0.2) is 66.7 Å². The Bertz CT molecular complexity index is 1450. The van der Waals surface area contributed by atoms with Crippen molar-refractivity contribution in [2.75, 3.05) is 19.0 Å². The van der Waals surface area contributed by atoms with Crippen LogP contribution in [0, 0.1) is 24.7 Å². The second kappa shape index (κ2) is 15.5. The monoisotopic (exact) mass is 565 g/mol. The van der Waals surface area contributed by atoms with Crippen molar-refractivity contribution in [3.8, 4) is 11.5 Å². The maximum Gasteiger partial charge on any atom is 0.139 e. The fraction of sp³-hybridized carbons (Fsp3) is 0.432. The topological polar surface area (TPSA) is 55.3 Å². The minimum Gasteiger partial charge on any atom is -0.457 e.